The van der Waals surface area contributed by atoms with E-state index in [-0.39, 0.29) is 12.0 Å². The number of nitrogens with one attached hydrogen (secondary N) is 1. The summed E-state index contributed by atoms with van der Waals surface area (Å²) in [4.78, 5) is 19.8. The number of hydrogen-bond donors (Lipinski definition) is 1. The van der Waals surface area contributed by atoms with Crippen molar-refractivity contribution in [2.45, 2.75) is 45.9 Å². The van der Waals surface area contributed by atoms with Crippen molar-refractivity contribution in [1.82, 2.24) is 24.8 Å². The number of hydrogen-bond acceptors (Lipinski definition) is 5. The van der Waals surface area contributed by atoms with Crippen LogP contribution in [0, 0.1) is 13.8 Å². The lowest BCUT2D eigenvalue weighted by Gasteiger charge is -2.25. The smallest absolute Gasteiger partial charge is 0.258 e. The topological polar surface area (TPSA) is 71.8 Å². The number of amides is 1. The van der Waals surface area contributed by atoms with E-state index in [1.165, 1.54) is 0 Å². The number of rotatable bonds is 3. The summed E-state index contributed by atoms with van der Waals surface area (Å²) in [5, 5.41) is 8.65. The van der Waals surface area contributed by atoms with E-state index in [0.29, 0.717) is 29.4 Å². The molecule has 5 rings (SSSR count). The minimum Gasteiger partial charge on any atom is -0.488 e. The molecular weight excluding hydrogens is 402 g/mol. The van der Waals surface area contributed by atoms with Gasteiger partial charge in [-0.05, 0) is 45.4 Å². The van der Waals surface area contributed by atoms with Crippen LogP contribution >= 0.6 is 11.6 Å². The maximum atomic E-state index is 13.4. The predicted octanol–water partition coefficient (Wildman–Crippen LogP) is 3.29. The Hall–Kier alpha value is -2.64. The van der Waals surface area contributed by atoms with Crippen LogP contribution in [-0.2, 0) is 13.1 Å². The maximum Gasteiger partial charge on any atom is 0.258 e. The van der Waals surface area contributed by atoms with Crippen molar-refractivity contribution in [3.63, 3.8) is 0 Å². The van der Waals surface area contributed by atoms with Crippen LogP contribution in [-0.4, -0.2) is 44.6 Å². The number of aromatic nitrogens is 3. The number of fused-ring (bicyclic) bond motifs is 3. The Labute approximate surface area is 180 Å². The number of para-hydroxylation sites is 1. The molecule has 4 heterocycles. The normalized spacial score (nSPS) is 18.6. The first kappa shape index (κ1) is 19.3. The third-order valence-corrected chi connectivity index (χ3v) is 6.45. The maximum absolute atomic E-state index is 13.4. The van der Waals surface area contributed by atoms with Crippen molar-refractivity contribution < 1.29 is 9.53 Å². The van der Waals surface area contributed by atoms with Gasteiger partial charge < -0.3 is 15.0 Å². The average molecular weight is 426 g/mol. The summed E-state index contributed by atoms with van der Waals surface area (Å²) in [6.07, 6.45) is 2.17. The Balaban J connectivity index is 1.41. The van der Waals surface area contributed by atoms with Crippen LogP contribution in [0.4, 0.5) is 0 Å². The molecule has 3 aromatic rings. The molecule has 8 heteroatoms. The standard InChI is InChI=1S/C22H24ClN5O2/c1-13-20(23)14(2)28-21(25-13)17-11-27(12-18(17)26-28)22(29)16-7-3-4-8-19(16)30-15-6-5-9-24-10-15/h3-4,7-8,15,24H,5-6,9-12H2,1-2H3. The molecule has 2 aliphatic heterocycles. The molecule has 0 bridgehead atoms. The summed E-state index contributed by atoms with van der Waals surface area (Å²) in [6.45, 7) is 6.58. The zero-order valence-electron chi connectivity index (χ0n) is 17.1. The van der Waals surface area contributed by atoms with Crippen LogP contribution in [0.1, 0.15) is 45.8 Å². The second-order valence-electron chi connectivity index (χ2n) is 8.00. The van der Waals surface area contributed by atoms with Crippen molar-refractivity contribution in [2.24, 2.45) is 0 Å². The van der Waals surface area contributed by atoms with Gasteiger partial charge in [0.2, 0.25) is 0 Å². The summed E-state index contributed by atoms with van der Waals surface area (Å²) < 4.78 is 7.97. The van der Waals surface area contributed by atoms with Gasteiger partial charge in [0, 0.05) is 12.1 Å². The lowest BCUT2D eigenvalue weighted by Crippen LogP contribution is -2.37. The molecule has 0 aliphatic carbocycles. The highest BCUT2D eigenvalue weighted by Crippen LogP contribution is 2.31. The lowest BCUT2D eigenvalue weighted by atomic mass is 10.1. The molecule has 1 N–H and O–H groups in total. The van der Waals surface area contributed by atoms with Crippen LogP contribution in [0.15, 0.2) is 24.3 Å². The van der Waals surface area contributed by atoms with Crippen molar-refractivity contribution in [3.8, 4) is 5.75 Å². The number of aryl methyl sites for hydroxylation is 2. The van der Waals surface area contributed by atoms with Gasteiger partial charge in [-0.3, -0.25) is 4.79 Å². The van der Waals surface area contributed by atoms with Gasteiger partial charge in [0.1, 0.15) is 11.9 Å². The van der Waals surface area contributed by atoms with Crippen molar-refractivity contribution in [2.75, 3.05) is 13.1 Å². The number of halogens is 1. The second kappa shape index (κ2) is 7.56. The average Bonchev–Trinajstić information content (AvgIpc) is 3.32. The third-order valence-electron chi connectivity index (χ3n) is 5.91. The number of piperidine rings is 1. The quantitative estimate of drug-likeness (QED) is 0.697. The van der Waals surface area contributed by atoms with Crippen LogP contribution in [0.3, 0.4) is 0 Å². The number of nitrogens with zero attached hydrogens (tertiary/aromatic N) is 4. The third kappa shape index (κ3) is 3.22. The van der Waals surface area contributed by atoms with E-state index in [9.17, 15) is 4.79 Å². The molecule has 1 unspecified atom stereocenters. The molecule has 0 radical (unpaired) electrons. The fourth-order valence-corrected chi connectivity index (χ4v) is 4.40. The Morgan fingerprint density at radius 3 is 2.90 bits per heavy atom. The lowest BCUT2D eigenvalue weighted by molar-refractivity contribution is 0.0740. The van der Waals surface area contributed by atoms with Crippen LogP contribution in [0.25, 0.3) is 5.65 Å². The number of carbonyl (C=O) groups is 1. The SMILES string of the molecule is Cc1nc2c3c(nn2c(C)c1Cl)CN(C(=O)c1ccccc1OC1CCCNC1)C3. The van der Waals surface area contributed by atoms with Crippen molar-refractivity contribution >= 4 is 23.2 Å². The van der Waals surface area contributed by atoms with Gasteiger partial charge in [0.15, 0.2) is 5.65 Å². The Morgan fingerprint density at radius 2 is 2.10 bits per heavy atom. The highest BCUT2D eigenvalue weighted by Gasteiger charge is 2.31. The monoisotopic (exact) mass is 425 g/mol. The van der Waals surface area contributed by atoms with Crippen LogP contribution < -0.4 is 10.1 Å². The Kier molecular flexibility index (Phi) is 4.87. The molecule has 30 heavy (non-hydrogen) atoms. The first-order valence-electron chi connectivity index (χ1n) is 10.3. The first-order chi connectivity index (χ1) is 14.5. The molecule has 2 aromatic heterocycles. The molecule has 1 aromatic carbocycles. The van der Waals surface area contributed by atoms with E-state index in [1.54, 1.807) is 9.42 Å². The largest absolute Gasteiger partial charge is 0.488 e. The molecule has 7 nitrogen and oxygen atoms in total. The first-order valence-corrected chi connectivity index (χ1v) is 10.7. The van der Waals surface area contributed by atoms with E-state index < -0.39 is 0 Å². The molecule has 0 spiro atoms. The van der Waals surface area contributed by atoms with Gasteiger partial charge in [0.25, 0.3) is 5.91 Å². The van der Waals surface area contributed by atoms with E-state index in [0.717, 1.165) is 54.2 Å². The molecule has 1 saturated heterocycles. The van der Waals surface area contributed by atoms with Gasteiger partial charge in [-0.25, -0.2) is 9.50 Å². The van der Waals surface area contributed by atoms with E-state index in [4.69, 9.17) is 16.3 Å². The van der Waals surface area contributed by atoms with Crippen molar-refractivity contribution in [1.29, 1.82) is 0 Å². The minimum atomic E-state index is -0.0482. The number of carbonyl (C=O) groups excluding carboxylic acids is 1. The molecule has 1 amide bonds. The fraction of sp³-hybridized carbons (Fsp3) is 0.409. The summed E-state index contributed by atoms with van der Waals surface area (Å²) in [6, 6.07) is 7.50. The summed E-state index contributed by atoms with van der Waals surface area (Å²) in [5.41, 5.74) is 4.86. The highest BCUT2D eigenvalue weighted by atomic mass is 35.5. The molecule has 1 fully saturated rings. The zero-order chi connectivity index (χ0) is 20.8. The predicted molar refractivity (Wildman–Crippen MR) is 114 cm³/mol. The van der Waals surface area contributed by atoms with E-state index >= 15 is 0 Å². The number of ether oxygens (including phenoxy) is 1. The second-order valence-corrected chi connectivity index (χ2v) is 8.38. The van der Waals surface area contributed by atoms with Gasteiger partial charge in [0.05, 0.1) is 40.8 Å². The highest BCUT2D eigenvalue weighted by molar-refractivity contribution is 6.31. The zero-order valence-corrected chi connectivity index (χ0v) is 17.9. The van der Waals surface area contributed by atoms with Crippen LogP contribution in [0.5, 0.6) is 5.75 Å². The van der Waals surface area contributed by atoms with E-state index in [2.05, 4.69) is 15.4 Å². The van der Waals surface area contributed by atoms with Crippen molar-refractivity contribution in [3.05, 3.63) is 57.5 Å². The Bertz CT molecular complexity index is 1140. The minimum absolute atomic E-state index is 0.0482. The summed E-state index contributed by atoms with van der Waals surface area (Å²) in [5.74, 6) is 0.597. The Morgan fingerprint density at radius 1 is 1.27 bits per heavy atom. The number of benzene rings is 1. The van der Waals surface area contributed by atoms with Gasteiger partial charge in [-0.15, -0.1) is 0 Å². The summed E-state index contributed by atoms with van der Waals surface area (Å²) in [7, 11) is 0. The van der Waals surface area contributed by atoms with Gasteiger partial charge in [-0.1, -0.05) is 23.7 Å². The molecule has 156 valence electrons. The van der Waals surface area contributed by atoms with Gasteiger partial charge in [-0.2, -0.15) is 5.10 Å². The fourth-order valence-electron chi connectivity index (χ4n) is 4.27. The molecule has 0 saturated carbocycles. The molecule has 2 aliphatic rings. The molecular formula is C22H24ClN5O2. The van der Waals surface area contributed by atoms with Crippen LogP contribution in [0.2, 0.25) is 5.02 Å². The summed E-state index contributed by atoms with van der Waals surface area (Å²) >= 11 is 6.33. The van der Waals surface area contributed by atoms with Gasteiger partial charge >= 0.3 is 0 Å². The van der Waals surface area contributed by atoms with E-state index in [1.807, 2.05) is 38.1 Å². The molecule has 1 atom stereocenters.